The molecular weight excluding hydrogens is 314 g/mol. The topological polar surface area (TPSA) is 22.1 Å². The number of benzene rings is 1. The Bertz CT molecular complexity index is 600. The van der Waals surface area contributed by atoms with E-state index in [9.17, 15) is 13.2 Å². The maximum atomic E-state index is 12.5. The quantitative estimate of drug-likeness (QED) is 0.717. The fraction of sp³-hybridized carbons (Fsp3) is 0.154. The average molecular weight is 322 g/mol. The van der Waals surface area contributed by atoms with Crippen molar-refractivity contribution in [2.75, 3.05) is 0 Å². The van der Waals surface area contributed by atoms with Gasteiger partial charge in [-0.25, -0.2) is 4.98 Å². The van der Waals surface area contributed by atoms with Crippen LogP contribution < -0.4 is 4.74 Å². The summed E-state index contributed by atoms with van der Waals surface area (Å²) in [6.07, 6.45) is -2.93. The highest BCUT2D eigenvalue weighted by molar-refractivity contribution is 6.32. The van der Waals surface area contributed by atoms with Crippen LogP contribution in [0.15, 0.2) is 36.5 Å². The van der Waals surface area contributed by atoms with Crippen molar-refractivity contribution in [3.8, 4) is 11.6 Å². The summed E-state index contributed by atoms with van der Waals surface area (Å²) in [6.45, 7) is 0. The van der Waals surface area contributed by atoms with Crippen LogP contribution in [0, 0.1) is 0 Å². The van der Waals surface area contributed by atoms with Crippen molar-refractivity contribution in [2.45, 2.75) is 12.1 Å². The minimum Gasteiger partial charge on any atom is -0.437 e. The highest BCUT2D eigenvalue weighted by atomic mass is 35.5. The van der Waals surface area contributed by atoms with Crippen LogP contribution in [0.2, 0.25) is 5.02 Å². The van der Waals surface area contributed by atoms with Gasteiger partial charge >= 0.3 is 6.18 Å². The van der Waals surface area contributed by atoms with Crippen LogP contribution >= 0.6 is 23.2 Å². The maximum Gasteiger partial charge on any atom is 0.416 e. The Hall–Kier alpha value is -1.46. The summed E-state index contributed by atoms with van der Waals surface area (Å²) in [4.78, 5) is 3.97. The number of alkyl halides is 4. The molecule has 0 radical (unpaired) electrons. The van der Waals surface area contributed by atoms with Crippen LogP contribution in [-0.2, 0) is 12.1 Å². The van der Waals surface area contributed by atoms with Crippen molar-refractivity contribution in [1.82, 2.24) is 4.98 Å². The molecule has 0 fully saturated rings. The first-order valence-electron chi connectivity index (χ1n) is 5.45. The molecule has 0 spiro atoms. The maximum absolute atomic E-state index is 12.5. The monoisotopic (exact) mass is 321 g/mol. The third-order valence-corrected chi connectivity index (χ3v) is 3.03. The van der Waals surface area contributed by atoms with Gasteiger partial charge in [0.2, 0.25) is 5.88 Å². The standard InChI is InChI=1S/C13H8Cl2F3NO/c14-6-8-1-4-12(19-7-8)20-11-3-2-9(5-10(11)15)13(16,17)18/h1-5,7H,6H2. The van der Waals surface area contributed by atoms with Crippen LogP contribution in [0.3, 0.4) is 0 Å². The van der Waals surface area contributed by atoms with Gasteiger partial charge in [-0.1, -0.05) is 17.7 Å². The van der Waals surface area contributed by atoms with Gasteiger partial charge in [0, 0.05) is 18.1 Å². The summed E-state index contributed by atoms with van der Waals surface area (Å²) < 4.78 is 42.8. The van der Waals surface area contributed by atoms with Gasteiger partial charge in [-0.3, -0.25) is 0 Å². The van der Waals surface area contributed by atoms with Crippen molar-refractivity contribution >= 4 is 23.2 Å². The highest BCUT2D eigenvalue weighted by Gasteiger charge is 2.31. The van der Waals surface area contributed by atoms with Crippen molar-refractivity contribution in [2.24, 2.45) is 0 Å². The smallest absolute Gasteiger partial charge is 0.416 e. The average Bonchev–Trinajstić information content (AvgIpc) is 2.41. The second kappa shape index (κ2) is 5.89. The summed E-state index contributed by atoms with van der Waals surface area (Å²) in [5.41, 5.74) is -0.0298. The van der Waals surface area contributed by atoms with Crippen LogP contribution in [0.25, 0.3) is 0 Å². The normalized spacial score (nSPS) is 11.4. The Balaban J connectivity index is 2.21. The van der Waals surface area contributed by atoms with Gasteiger partial charge in [-0.15, -0.1) is 11.6 Å². The van der Waals surface area contributed by atoms with Crippen molar-refractivity contribution in [1.29, 1.82) is 0 Å². The number of hydrogen-bond acceptors (Lipinski definition) is 2. The van der Waals surface area contributed by atoms with Crippen molar-refractivity contribution < 1.29 is 17.9 Å². The predicted molar refractivity (Wildman–Crippen MR) is 70.3 cm³/mol. The lowest BCUT2D eigenvalue weighted by Crippen LogP contribution is -2.04. The van der Waals surface area contributed by atoms with E-state index in [1.165, 1.54) is 6.20 Å². The molecule has 0 N–H and O–H groups in total. The molecule has 7 heteroatoms. The Labute approximate surface area is 123 Å². The van der Waals surface area contributed by atoms with Gasteiger partial charge in [0.25, 0.3) is 0 Å². The molecule has 1 aromatic carbocycles. The third kappa shape index (κ3) is 3.55. The molecule has 2 aromatic rings. The van der Waals surface area contributed by atoms with Crippen LogP contribution in [0.1, 0.15) is 11.1 Å². The lowest BCUT2D eigenvalue weighted by atomic mass is 10.2. The summed E-state index contributed by atoms with van der Waals surface area (Å²) in [5.74, 6) is 0.639. The van der Waals surface area contributed by atoms with Crippen LogP contribution in [0.4, 0.5) is 13.2 Å². The second-order valence-electron chi connectivity index (χ2n) is 3.88. The predicted octanol–water partition coefficient (Wildman–Crippen LogP) is 5.28. The first kappa shape index (κ1) is 14.9. The number of nitrogens with zero attached hydrogens (tertiary/aromatic N) is 1. The summed E-state index contributed by atoms with van der Waals surface area (Å²) in [6, 6.07) is 6.12. The zero-order valence-electron chi connectivity index (χ0n) is 9.92. The Morgan fingerprint density at radius 2 is 1.90 bits per heavy atom. The number of rotatable bonds is 3. The zero-order chi connectivity index (χ0) is 14.8. The van der Waals surface area contributed by atoms with E-state index in [4.69, 9.17) is 27.9 Å². The van der Waals surface area contributed by atoms with Crippen LogP contribution in [0.5, 0.6) is 11.6 Å². The van der Waals surface area contributed by atoms with Gasteiger partial charge < -0.3 is 4.74 Å². The van der Waals surface area contributed by atoms with E-state index in [2.05, 4.69) is 4.98 Å². The van der Waals surface area contributed by atoms with Crippen LogP contribution in [-0.4, -0.2) is 4.98 Å². The number of pyridine rings is 1. The Kier molecular flexibility index (Phi) is 4.40. The SMILES string of the molecule is FC(F)(F)c1ccc(Oc2ccc(CCl)cn2)c(Cl)c1. The molecule has 0 bridgehead atoms. The Morgan fingerprint density at radius 3 is 2.40 bits per heavy atom. The molecule has 2 nitrogen and oxygen atoms in total. The highest BCUT2D eigenvalue weighted by Crippen LogP contribution is 2.36. The van der Waals surface area contributed by atoms with Crippen molar-refractivity contribution in [3.63, 3.8) is 0 Å². The van der Waals surface area contributed by atoms with Gasteiger partial charge in [0.05, 0.1) is 10.6 Å². The number of halogens is 5. The largest absolute Gasteiger partial charge is 0.437 e. The molecule has 0 aliphatic rings. The molecule has 1 aromatic heterocycles. The minimum atomic E-state index is -4.44. The number of ether oxygens (including phenoxy) is 1. The summed E-state index contributed by atoms with van der Waals surface area (Å²) >= 11 is 11.4. The molecule has 106 valence electrons. The van der Waals surface area contributed by atoms with Gasteiger partial charge in [0.15, 0.2) is 0 Å². The second-order valence-corrected chi connectivity index (χ2v) is 4.56. The molecule has 1 heterocycles. The van der Waals surface area contributed by atoms with E-state index in [1.54, 1.807) is 12.1 Å². The summed E-state index contributed by atoms with van der Waals surface area (Å²) in [5, 5.41) is -0.136. The minimum absolute atomic E-state index is 0.103. The molecule has 0 unspecified atom stereocenters. The van der Waals surface area contributed by atoms with Gasteiger partial charge in [-0.2, -0.15) is 13.2 Å². The molecule has 0 saturated carbocycles. The van der Waals surface area contributed by atoms with Gasteiger partial charge in [-0.05, 0) is 23.8 Å². The summed E-state index contributed by atoms with van der Waals surface area (Å²) in [7, 11) is 0. The molecule has 0 atom stereocenters. The molecule has 2 rings (SSSR count). The van der Waals surface area contributed by atoms with Gasteiger partial charge in [0.1, 0.15) is 5.75 Å². The first-order chi connectivity index (χ1) is 9.40. The van der Waals surface area contributed by atoms with Crippen molar-refractivity contribution in [3.05, 3.63) is 52.7 Å². The fourth-order valence-electron chi connectivity index (χ4n) is 1.42. The third-order valence-electron chi connectivity index (χ3n) is 2.43. The van der Waals surface area contributed by atoms with E-state index in [0.29, 0.717) is 5.88 Å². The number of hydrogen-bond donors (Lipinski definition) is 0. The molecule has 0 saturated heterocycles. The number of aromatic nitrogens is 1. The van der Waals surface area contributed by atoms with E-state index in [-0.39, 0.29) is 16.7 Å². The molecule has 0 aliphatic carbocycles. The lowest BCUT2D eigenvalue weighted by molar-refractivity contribution is -0.137. The first-order valence-corrected chi connectivity index (χ1v) is 6.37. The molecule has 20 heavy (non-hydrogen) atoms. The van der Waals surface area contributed by atoms with E-state index < -0.39 is 11.7 Å². The van der Waals surface area contributed by atoms with E-state index in [0.717, 1.165) is 23.8 Å². The molecule has 0 amide bonds. The van der Waals surface area contributed by atoms with E-state index in [1.807, 2.05) is 0 Å². The fourth-order valence-corrected chi connectivity index (χ4v) is 1.80. The zero-order valence-corrected chi connectivity index (χ0v) is 11.4. The van der Waals surface area contributed by atoms with E-state index >= 15 is 0 Å². The lowest BCUT2D eigenvalue weighted by Gasteiger charge is -2.10. The molecule has 0 aliphatic heterocycles. The Morgan fingerprint density at radius 1 is 1.15 bits per heavy atom. The molecular formula is C13H8Cl2F3NO.